The van der Waals surface area contributed by atoms with Crippen LogP contribution in [0.2, 0.25) is 0 Å². The van der Waals surface area contributed by atoms with Gasteiger partial charge >= 0.3 is 5.79 Å². The molecule has 0 saturated heterocycles. The van der Waals surface area contributed by atoms with Gasteiger partial charge in [-0.3, -0.25) is 35.1 Å². The summed E-state index contributed by atoms with van der Waals surface area (Å²) in [4.78, 5) is 38.3. The third-order valence-corrected chi connectivity index (χ3v) is 5.08. The predicted octanol–water partition coefficient (Wildman–Crippen LogP) is 5.38. The summed E-state index contributed by atoms with van der Waals surface area (Å²) >= 11 is 0. The van der Waals surface area contributed by atoms with E-state index in [-0.39, 0.29) is 6.42 Å². The van der Waals surface area contributed by atoms with Crippen LogP contribution in [0.15, 0.2) is 12.2 Å². The zero-order valence-electron chi connectivity index (χ0n) is 17.7. The molecule has 0 unspecified atom stereocenters. The van der Waals surface area contributed by atoms with Crippen molar-refractivity contribution in [3.63, 3.8) is 0 Å². The number of allylic oxidation sites excluding steroid dienone is 2. The van der Waals surface area contributed by atoms with Gasteiger partial charge in [-0.1, -0.05) is 63.5 Å². The standard InChI is InChI=1S/C20H34N3O7/c24-19-17-15-13-11-9-7-5-3-1-2-4-6-8-10-12-14-16-18-20(21(25)26,22(27)28)23(29)30/h1,3H,2,4-18H2/b3-1-. The van der Waals surface area contributed by atoms with Crippen LogP contribution in [0.25, 0.3) is 0 Å². The van der Waals surface area contributed by atoms with Gasteiger partial charge in [-0.25, -0.2) is 0 Å². The summed E-state index contributed by atoms with van der Waals surface area (Å²) in [6.07, 6.45) is 19.3. The minimum atomic E-state index is -3.32. The molecule has 0 saturated carbocycles. The molecule has 171 valence electrons. The minimum Gasteiger partial charge on any atom is -0.291 e. The van der Waals surface area contributed by atoms with Crippen LogP contribution < -0.4 is 0 Å². The van der Waals surface area contributed by atoms with Crippen LogP contribution in [0, 0.1) is 30.3 Å². The average molecular weight is 429 g/mol. The lowest BCUT2D eigenvalue weighted by molar-refractivity contribution is -0.970. The van der Waals surface area contributed by atoms with Crippen molar-refractivity contribution in [2.24, 2.45) is 0 Å². The lowest BCUT2D eigenvalue weighted by atomic mass is 10.0. The molecule has 0 aliphatic heterocycles. The molecule has 10 heteroatoms. The number of hydrogen-bond donors (Lipinski definition) is 0. The maximum Gasteiger partial charge on any atom is 0.699 e. The lowest BCUT2D eigenvalue weighted by Crippen LogP contribution is -2.53. The Morgan fingerprint density at radius 3 is 1.37 bits per heavy atom. The summed E-state index contributed by atoms with van der Waals surface area (Å²) in [6.45, 7) is 0. The highest BCUT2D eigenvalue weighted by Gasteiger charge is 2.69. The van der Waals surface area contributed by atoms with Crippen molar-refractivity contribution in [3.8, 4) is 0 Å². The SMILES string of the molecule is O=[C]CCCCCCC/C=C\CCCCCCCCCC([N+](=O)[O-])([N+](=O)[O-])[N+](=O)[O-]. The highest BCUT2D eigenvalue weighted by atomic mass is 16.7. The van der Waals surface area contributed by atoms with Gasteiger partial charge in [-0.05, 0) is 38.5 Å². The largest absolute Gasteiger partial charge is 0.699 e. The summed E-state index contributed by atoms with van der Waals surface area (Å²) in [6, 6.07) is 0. The topological polar surface area (TPSA) is 146 Å². The molecular weight excluding hydrogens is 394 g/mol. The minimum absolute atomic E-state index is 0.0845. The Morgan fingerprint density at radius 1 is 0.600 bits per heavy atom. The molecule has 10 nitrogen and oxygen atoms in total. The van der Waals surface area contributed by atoms with Crippen molar-refractivity contribution in [2.75, 3.05) is 0 Å². The molecule has 0 heterocycles. The van der Waals surface area contributed by atoms with E-state index in [0.29, 0.717) is 12.8 Å². The van der Waals surface area contributed by atoms with Gasteiger partial charge in [0.1, 0.15) is 0 Å². The molecule has 30 heavy (non-hydrogen) atoms. The van der Waals surface area contributed by atoms with E-state index in [1.165, 1.54) is 19.3 Å². The molecule has 0 bridgehead atoms. The number of hydrogen-bond acceptors (Lipinski definition) is 7. The van der Waals surface area contributed by atoms with Gasteiger partial charge in [0.25, 0.3) is 0 Å². The molecule has 0 spiro atoms. The Hall–Kier alpha value is -2.39. The van der Waals surface area contributed by atoms with Crippen LogP contribution in [0.3, 0.4) is 0 Å². The monoisotopic (exact) mass is 428 g/mol. The molecule has 0 atom stereocenters. The highest BCUT2D eigenvalue weighted by Crippen LogP contribution is 2.21. The van der Waals surface area contributed by atoms with Gasteiger partial charge in [0, 0.05) is 6.42 Å². The first-order chi connectivity index (χ1) is 14.4. The summed E-state index contributed by atoms with van der Waals surface area (Å²) in [7, 11) is 0. The normalized spacial score (nSPS) is 11.6. The van der Waals surface area contributed by atoms with Crippen LogP contribution in [0.5, 0.6) is 0 Å². The first kappa shape index (κ1) is 27.6. The van der Waals surface area contributed by atoms with Crippen LogP contribution in [0.1, 0.15) is 103 Å². The van der Waals surface area contributed by atoms with Crippen molar-refractivity contribution in [1.29, 1.82) is 0 Å². The number of nitro groups is 3. The van der Waals surface area contributed by atoms with Crippen molar-refractivity contribution >= 4 is 6.29 Å². The Bertz CT molecular complexity index is 516. The Balaban J connectivity index is 3.62. The Morgan fingerprint density at radius 2 is 0.967 bits per heavy atom. The van der Waals surface area contributed by atoms with Crippen LogP contribution in [-0.2, 0) is 4.79 Å². The van der Waals surface area contributed by atoms with Crippen LogP contribution in [-0.4, -0.2) is 26.8 Å². The first-order valence-corrected chi connectivity index (χ1v) is 10.8. The molecule has 0 aromatic carbocycles. The predicted molar refractivity (Wildman–Crippen MR) is 112 cm³/mol. The van der Waals surface area contributed by atoms with Crippen LogP contribution in [0.4, 0.5) is 0 Å². The summed E-state index contributed by atoms with van der Waals surface area (Å²) in [5.41, 5.74) is 0. The second-order valence-electron chi connectivity index (χ2n) is 7.48. The Labute approximate surface area is 177 Å². The van der Waals surface area contributed by atoms with E-state index in [4.69, 9.17) is 0 Å². The molecule has 0 rings (SSSR count). The zero-order chi connectivity index (χ0) is 22.7. The van der Waals surface area contributed by atoms with Gasteiger partial charge in [0.05, 0.1) is 0 Å². The molecule has 0 fully saturated rings. The maximum atomic E-state index is 10.8. The molecule has 1 radical (unpaired) electrons. The molecule has 0 aliphatic carbocycles. The molecular formula is C20H34N3O7. The fourth-order valence-electron chi connectivity index (χ4n) is 3.21. The van der Waals surface area contributed by atoms with Crippen molar-refractivity contribution in [3.05, 3.63) is 42.5 Å². The van der Waals surface area contributed by atoms with Crippen molar-refractivity contribution < 1.29 is 19.6 Å². The number of carbonyl (C=O) groups excluding carboxylic acids is 1. The van der Waals surface area contributed by atoms with Gasteiger partial charge in [0.2, 0.25) is 0 Å². The van der Waals surface area contributed by atoms with E-state index in [9.17, 15) is 35.1 Å². The molecule has 0 aromatic rings. The number of unbranched alkanes of at least 4 members (excludes halogenated alkanes) is 13. The van der Waals surface area contributed by atoms with E-state index in [0.717, 1.165) is 57.8 Å². The third-order valence-electron chi connectivity index (χ3n) is 5.08. The summed E-state index contributed by atoms with van der Waals surface area (Å²) in [5.74, 6) is -3.32. The highest BCUT2D eigenvalue weighted by molar-refractivity contribution is 5.50. The second kappa shape index (κ2) is 17.5. The van der Waals surface area contributed by atoms with Crippen molar-refractivity contribution in [1.82, 2.24) is 0 Å². The van der Waals surface area contributed by atoms with E-state index >= 15 is 0 Å². The first-order valence-electron chi connectivity index (χ1n) is 10.8. The summed E-state index contributed by atoms with van der Waals surface area (Å²) in [5, 5.41) is 32.5. The molecule has 0 aromatic heterocycles. The van der Waals surface area contributed by atoms with Gasteiger partial charge in [-0.2, -0.15) is 0 Å². The molecule has 0 N–H and O–H groups in total. The van der Waals surface area contributed by atoms with Gasteiger partial charge in [0.15, 0.2) is 27.5 Å². The lowest BCUT2D eigenvalue weighted by Gasteiger charge is -2.08. The quantitative estimate of drug-likeness (QED) is 0.0783. The van der Waals surface area contributed by atoms with E-state index in [2.05, 4.69) is 12.2 Å². The number of rotatable bonds is 21. The fraction of sp³-hybridized carbons (Fsp3) is 0.850. The van der Waals surface area contributed by atoms with E-state index < -0.39 is 27.0 Å². The second-order valence-corrected chi connectivity index (χ2v) is 7.48. The van der Waals surface area contributed by atoms with E-state index in [1.54, 1.807) is 0 Å². The number of nitrogens with zero attached hydrogens (tertiary/aromatic N) is 3. The van der Waals surface area contributed by atoms with Crippen molar-refractivity contribution in [2.45, 2.75) is 109 Å². The van der Waals surface area contributed by atoms with E-state index in [1.807, 2.05) is 6.29 Å². The summed E-state index contributed by atoms with van der Waals surface area (Å²) < 4.78 is 0. The fourth-order valence-corrected chi connectivity index (χ4v) is 3.21. The zero-order valence-corrected chi connectivity index (χ0v) is 17.7. The van der Waals surface area contributed by atoms with Gasteiger partial charge in [-0.15, -0.1) is 0 Å². The van der Waals surface area contributed by atoms with Crippen LogP contribution >= 0.6 is 0 Å². The Kier molecular flexibility index (Phi) is 16.1. The smallest absolute Gasteiger partial charge is 0.291 e. The molecule has 0 aliphatic rings. The molecule has 0 amide bonds. The average Bonchev–Trinajstić information content (AvgIpc) is 2.69. The third kappa shape index (κ3) is 11.6. The van der Waals surface area contributed by atoms with Gasteiger partial charge < -0.3 is 0 Å². The maximum absolute atomic E-state index is 10.8.